The summed E-state index contributed by atoms with van der Waals surface area (Å²) in [5.41, 5.74) is 0.513. The Labute approximate surface area is 102 Å². The molecule has 1 aliphatic heterocycles. The van der Waals surface area contributed by atoms with Gasteiger partial charge in [0.1, 0.15) is 6.54 Å². The summed E-state index contributed by atoms with van der Waals surface area (Å²) in [6, 6.07) is -0.200. The number of nitrogens with one attached hydrogen (secondary N) is 1. The normalized spacial score (nSPS) is 38.9. The van der Waals surface area contributed by atoms with E-state index in [1.54, 1.807) is 4.90 Å². The minimum Gasteiger partial charge on any atom is -0.315 e. The predicted molar refractivity (Wildman–Crippen MR) is 63.2 cm³/mol. The summed E-state index contributed by atoms with van der Waals surface area (Å²) < 4.78 is 0. The zero-order chi connectivity index (χ0) is 12.2. The third kappa shape index (κ3) is 1.65. The molecule has 1 heterocycles. The highest BCUT2D eigenvalue weighted by Crippen LogP contribution is 2.60. The quantitative estimate of drug-likeness (QED) is 0.740. The van der Waals surface area contributed by atoms with Gasteiger partial charge < -0.3 is 4.90 Å². The summed E-state index contributed by atoms with van der Waals surface area (Å²) >= 11 is 0. The van der Waals surface area contributed by atoms with Crippen LogP contribution in [0.1, 0.15) is 33.1 Å². The van der Waals surface area contributed by atoms with Crippen molar-refractivity contribution in [3.8, 4) is 0 Å². The van der Waals surface area contributed by atoms with Gasteiger partial charge in [-0.15, -0.1) is 0 Å². The van der Waals surface area contributed by atoms with Crippen molar-refractivity contribution < 1.29 is 9.59 Å². The van der Waals surface area contributed by atoms with Gasteiger partial charge in [-0.25, -0.2) is 4.79 Å². The Morgan fingerprint density at radius 2 is 1.88 bits per heavy atom. The molecular formula is C13H20N2O2. The fourth-order valence-electron chi connectivity index (χ4n) is 3.92. The summed E-state index contributed by atoms with van der Waals surface area (Å²) in [5.74, 6) is 2.10. The maximum atomic E-state index is 11.5. The third-order valence-electron chi connectivity index (χ3n) is 5.26. The van der Waals surface area contributed by atoms with Gasteiger partial charge in [0.2, 0.25) is 5.91 Å². The second-order valence-electron chi connectivity index (χ2n) is 6.52. The molecule has 4 aliphatic rings. The average molecular weight is 236 g/mol. The van der Waals surface area contributed by atoms with E-state index in [1.165, 1.54) is 19.3 Å². The summed E-state index contributed by atoms with van der Waals surface area (Å²) in [5, 5.41) is 2.34. The fourth-order valence-corrected chi connectivity index (χ4v) is 3.92. The van der Waals surface area contributed by atoms with E-state index in [-0.39, 0.29) is 18.5 Å². The van der Waals surface area contributed by atoms with Crippen molar-refractivity contribution >= 4 is 11.9 Å². The van der Waals surface area contributed by atoms with E-state index in [0.717, 1.165) is 18.4 Å². The van der Waals surface area contributed by atoms with Crippen LogP contribution in [0.4, 0.5) is 4.79 Å². The van der Waals surface area contributed by atoms with E-state index in [0.29, 0.717) is 11.3 Å². The molecule has 4 nitrogen and oxygen atoms in total. The highest BCUT2D eigenvalue weighted by molar-refractivity contribution is 6.01. The smallest absolute Gasteiger partial charge is 0.315 e. The number of carbonyl (C=O) groups is 2. The number of hydrogen-bond donors (Lipinski definition) is 1. The highest BCUT2D eigenvalue weighted by atomic mass is 16.2. The second-order valence-corrected chi connectivity index (χ2v) is 6.52. The van der Waals surface area contributed by atoms with Gasteiger partial charge in [-0.1, -0.05) is 13.8 Å². The van der Waals surface area contributed by atoms with Crippen molar-refractivity contribution in [3.05, 3.63) is 0 Å². The average Bonchev–Trinajstić information content (AvgIpc) is 2.57. The summed E-state index contributed by atoms with van der Waals surface area (Å²) in [4.78, 5) is 24.3. The van der Waals surface area contributed by atoms with Crippen LogP contribution in [0.3, 0.4) is 0 Å². The summed E-state index contributed by atoms with van der Waals surface area (Å²) in [6.45, 7) is 5.76. The topological polar surface area (TPSA) is 49.4 Å². The number of imide groups is 1. The molecule has 3 aliphatic carbocycles. The zero-order valence-electron chi connectivity index (χ0n) is 10.5. The molecule has 0 spiro atoms. The first-order chi connectivity index (χ1) is 7.96. The molecule has 2 bridgehead atoms. The lowest BCUT2D eigenvalue weighted by molar-refractivity contribution is -0.118. The van der Waals surface area contributed by atoms with Crippen LogP contribution in [0.15, 0.2) is 0 Å². The van der Waals surface area contributed by atoms with Crippen LogP contribution >= 0.6 is 0 Å². The van der Waals surface area contributed by atoms with Crippen LogP contribution in [0.5, 0.6) is 0 Å². The Hall–Kier alpha value is -1.06. The van der Waals surface area contributed by atoms with Crippen molar-refractivity contribution in [2.45, 2.75) is 33.1 Å². The van der Waals surface area contributed by atoms with Gasteiger partial charge in [-0.2, -0.15) is 0 Å². The lowest BCUT2D eigenvalue weighted by Gasteiger charge is -2.59. The highest BCUT2D eigenvalue weighted by Gasteiger charge is 2.52. The molecule has 0 radical (unpaired) electrons. The molecule has 3 amide bonds. The Morgan fingerprint density at radius 1 is 1.24 bits per heavy atom. The van der Waals surface area contributed by atoms with Crippen molar-refractivity contribution in [3.63, 3.8) is 0 Å². The Kier molecular flexibility index (Phi) is 2.25. The molecule has 4 fully saturated rings. The van der Waals surface area contributed by atoms with Gasteiger partial charge in [0.25, 0.3) is 0 Å². The molecule has 0 aromatic heterocycles. The van der Waals surface area contributed by atoms with Crippen LogP contribution in [-0.4, -0.2) is 29.9 Å². The molecular weight excluding hydrogens is 216 g/mol. The van der Waals surface area contributed by atoms with Crippen LogP contribution < -0.4 is 5.32 Å². The molecule has 2 unspecified atom stereocenters. The van der Waals surface area contributed by atoms with Crippen molar-refractivity contribution in [2.24, 2.45) is 23.2 Å². The maximum absolute atomic E-state index is 11.5. The van der Waals surface area contributed by atoms with Crippen LogP contribution in [0.25, 0.3) is 0 Å². The van der Waals surface area contributed by atoms with E-state index in [9.17, 15) is 9.59 Å². The van der Waals surface area contributed by atoms with E-state index in [4.69, 9.17) is 0 Å². The van der Waals surface area contributed by atoms with Crippen molar-refractivity contribution in [1.82, 2.24) is 10.2 Å². The maximum Gasteiger partial charge on any atom is 0.324 e. The lowest BCUT2D eigenvalue weighted by Crippen LogP contribution is -2.52. The number of urea groups is 1. The van der Waals surface area contributed by atoms with E-state index < -0.39 is 0 Å². The van der Waals surface area contributed by atoms with Gasteiger partial charge in [0, 0.05) is 6.54 Å². The minimum absolute atomic E-state index is 0.156. The van der Waals surface area contributed by atoms with Gasteiger partial charge in [0.15, 0.2) is 0 Å². The van der Waals surface area contributed by atoms with E-state index in [2.05, 4.69) is 19.2 Å². The Balaban J connectivity index is 1.59. The number of carbonyl (C=O) groups excluding carboxylic acids is 2. The molecule has 94 valence electrons. The summed E-state index contributed by atoms with van der Waals surface area (Å²) in [6.07, 6.45) is 3.82. The van der Waals surface area contributed by atoms with Crippen molar-refractivity contribution in [1.29, 1.82) is 0 Å². The number of hydrogen-bond acceptors (Lipinski definition) is 2. The molecule has 1 saturated heterocycles. The second kappa shape index (κ2) is 3.47. The number of nitrogens with zero attached hydrogens (tertiary/aromatic N) is 1. The molecule has 4 heteroatoms. The lowest BCUT2D eigenvalue weighted by atomic mass is 9.47. The predicted octanol–water partition coefficient (Wildman–Crippen LogP) is 1.61. The first kappa shape index (κ1) is 11.1. The van der Waals surface area contributed by atoms with Crippen molar-refractivity contribution in [2.75, 3.05) is 13.1 Å². The van der Waals surface area contributed by atoms with Crippen LogP contribution in [-0.2, 0) is 4.79 Å². The van der Waals surface area contributed by atoms with Gasteiger partial charge in [0.05, 0.1) is 0 Å². The van der Waals surface area contributed by atoms with E-state index in [1.807, 2.05) is 0 Å². The van der Waals surface area contributed by atoms with Crippen LogP contribution in [0, 0.1) is 23.2 Å². The molecule has 1 N–H and O–H groups in total. The zero-order valence-corrected chi connectivity index (χ0v) is 10.5. The first-order valence-corrected chi connectivity index (χ1v) is 6.55. The van der Waals surface area contributed by atoms with Gasteiger partial charge in [-0.05, 0) is 42.4 Å². The van der Waals surface area contributed by atoms with Gasteiger partial charge in [-0.3, -0.25) is 10.1 Å². The van der Waals surface area contributed by atoms with E-state index >= 15 is 0 Å². The molecule has 3 saturated carbocycles. The molecule has 4 rings (SSSR count). The van der Waals surface area contributed by atoms with Gasteiger partial charge >= 0.3 is 6.03 Å². The molecule has 0 aromatic rings. The molecule has 0 aromatic carbocycles. The molecule has 2 atom stereocenters. The monoisotopic (exact) mass is 236 g/mol. The molecule has 17 heavy (non-hydrogen) atoms. The Morgan fingerprint density at radius 3 is 2.35 bits per heavy atom. The Bertz CT molecular complexity index is 364. The number of rotatable bonds is 2. The standard InChI is InChI=1S/C13H20N2O2/c1-13(2)9-3-8(4-10(13)5-9)6-15-7-11(16)14-12(15)17/h8-10H,3-7H2,1-2H3,(H,14,16,17). The fraction of sp³-hybridized carbons (Fsp3) is 0.846. The summed E-state index contributed by atoms with van der Waals surface area (Å²) in [7, 11) is 0. The first-order valence-electron chi connectivity index (χ1n) is 6.55. The van der Waals surface area contributed by atoms with Crippen LogP contribution in [0.2, 0.25) is 0 Å². The third-order valence-corrected chi connectivity index (χ3v) is 5.26. The number of amides is 3. The minimum atomic E-state index is -0.200. The number of fused-ring (bicyclic) bond motifs is 2. The SMILES string of the molecule is CC1(C)C2CC(CN3CC(=O)NC3=O)CC1C2. The largest absolute Gasteiger partial charge is 0.324 e.